The van der Waals surface area contributed by atoms with Crippen LogP contribution in [-0.2, 0) is 13.9 Å². The van der Waals surface area contributed by atoms with Crippen molar-refractivity contribution in [3.8, 4) is 0 Å². The molecule has 1 saturated heterocycles. The molecule has 0 radical (unpaired) electrons. The molecule has 3 atom stereocenters. The molecule has 1 aromatic rings. The number of hydrogen-bond acceptors (Lipinski definition) is 3. The molecule has 0 aliphatic carbocycles. The molecule has 0 aromatic heterocycles. The Hall–Kier alpha value is -0.726. The summed E-state index contributed by atoms with van der Waals surface area (Å²) in [5, 5.41) is 2.06. The van der Waals surface area contributed by atoms with E-state index in [2.05, 4.69) is 111 Å². The number of allylic oxidation sites excluding steroid dienone is 1. The van der Waals surface area contributed by atoms with Crippen molar-refractivity contribution in [3.05, 3.63) is 47.2 Å². The van der Waals surface area contributed by atoms with Crippen molar-refractivity contribution in [2.75, 3.05) is 6.61 Å². The van der Waals surface area contributed by atoms with Crippen LogP contribution in [0.2, 0.25) is 36.3 Å². The summed E-state index contributed by atoms with van der Waals surface area (Å²) in [6, 6.07) is 10.4. The SMILES string of the molecule is CCCCCCCCCCCCC/C(=C/[C@H]1O[C@@H](c2ccccc2)OC[C@H]1O[Si](C)(C)C(C)(C)C)[Si](C)(C)C(C)(C)C. The number of rotatable bonds is 17. The third kappa shape index (κ3) is 11.6. The van der Waals surface area contributed by atoms with Gasteiger partial charge in [-0.05, 0) is 36.0 Å². The number of benzene rings is 1. The van der Waals surface area contributed by atoms with Crippen LogP contribution in [0.3, 0.4) is 0 Å². The molecule has 1 fully saturated rings. The van der Waals surface area contributed by atoms with Crippen LogP contribution in [-0.4, -0.2) is 35.2 Å². The molecule has 0 N–H and O–H groups in total. The van der Waals surface area contributed by atoms with Gasteiger partial charge in [-0.15, -0.1) is 0 Å². The van der Waals surface area contributed by atoms with Gasteiger partial charge in [-0.3, -0.25) is 0 Å². The highest BCUT2D eigenvalue weighted by Gasteiger charge is 2.44. The van der Waals surface area contributed by atoms with Gasteiger partial charge in [0.1, 0.15) is 6.10 Å². The van der Waals surface area contributed by atoms with Gasteiger partial charge >= 0.3 is 0 Å². The molecule has 1 aromatic carbocycles. The summed E-state index contributed by atoms with van der Waals surface area (Å²) < 4.78 is 20.1. The molecule has 2 rings (SSSR count). The fourth-order valence-corrected chi connectivity index (χ4v) is 9.06. The van der Waals surface area contributed by atoms with Crippen molar-refractivity contribution >= 4 is 16.4 Å². The third-order valence-corrected chi connectivity index (χ3v) is 20.8. The minimum absolute atomic E-state index is 0.0806. The second-order valence-electron chi connectivity index (χ2n) is 15.9. The molecule has 5 heteroatoms. The van der Waals surface area contributed by atoms with Crippen LogP contribution in [0, 0.1) is 0 Å². The number of ether oxygens (including phenoxy) is 2. The van der Waals surface area contributed by atoms with Gasteiger partial charge in [0.15, 0.2) is 14.6 Å². The molecule has 1 aliphatic rings. The van der Waals surface area contributed by atoms with Crippen molar-refractivity contribution in [2.24, 2.45) is 0 Å². The minimum atomic E-state index is -2.00. The van der Waals surface area contributed by atoms with Crippen molar-refractivity contribution < 1.29 is 13.9 Å². The quantitative estimate of drug-likeness (QED) is 0.129. The maximum absolute atomic E-state index is 7.01. The van der Waals surface area contributed by atoms with Gasteiger partial charge in [0.05, 0.1) is 20.8 Å². The van der Waals surface area contributed by atoms with E-state index in [1.165, 1.54) is 77.0 Å². The minimum Gasteiger partial charge on any atom is -0.409 e. The van der Waals surface area contributed by atoms with E-state index in [4.69, 9.17) is 13.9 Å². The lowest BCUT2D eigenvalue weighted by Gasteiger charge is -2.45. The molecule has 1 aliphatic heterocycles. The summed E-state index contributed by atoms with van der Waals surface area (Å²) in [6.45, 7) is 26.9. The number of unbranched alkanes of at least 4 members (excludes halogenated alkanes) is 10. The van der Waals surface area contributed by atoms with Crippen LogP contribution in [0.25, 0.3) is 0 Å². The zero-order valence-electron chi connectivity index (χ0n) is 29.6. The molecule has 0 amide bonds. The van der Waals surface area contributed by atoms with Gasteiger partial charge < -0.3 is 13.9 Å². The largest absolute Gasteiger partial charge is 0.409 e. The fourth-order valence-electron chi connectivity index (χ4n) is 5.40. The van der Waals surface area contributed by atoms with Crippen molar-refractivity contribution in [1.29, 1.82) is 0 Å². The van der Waals surface area contributed by atoms with Gasteiger partial charge in [-0.2, -0.15) is 0 Å². The van der Waals surface area contributed by atoms with E-state index < -0.39 is 16.4 Å². The molecule has 0 saturated carbocycles. The van der Waals surface area contributed by atoms with Crippen LogP contribution in [0.4, 0.5) is 0 Å². The molecule has 242 valence electrons. The molecule has 1 heterocycles. The first-order valence-corrected chi connectivity index (χ1v) is 23.2. The summed E-state index contributed by atoms with van der Waals surface area (Å²) in [5.74, 6) is 0. The molecular formula is C37H68O3Si2. The third-order valence-electron chi connectivity index (χ3n) is 10.5. The van der Waals surface area contributed by atoms with Crippen molar-refractivity contribution in [3.63, 3.8) is 0 Å². The highest BCUT2D eigenvalue weighted by molar-refractivity contribution is 6.86. The van der Waals surface area contributed by atoms with Gasteiger partial charge in [0, 0.05) is 5.56 Å². The lowest BCUT2D eigenvalue weighted by molar-refractivity contribution is -0.240. The van der Waals surface area contributed by atoms with Gasteiger partial charge in [-0.1, -0.05) is 167 Å². The molecule has 0 spiro atoms. The Morgan fingerprint density at radius 1 is 0.786 bits per heavy atom. The predicted octanol–water partition coefficient (Wildman–Crippen LogP) is 12.2. The molecule has 3 nitrogen and oxygen atoms in total. The maximum atomic E-state index is 7.01. The Labute approximate surface area is 263 Å². The second kappa shape index (κ2) is 17.1. The van der Waals surface area contributed by atoms with E-state index >= 15 is 0 Å². The summed E-state index contributed by atoms with van der Waals surface area (Å²) >= 11 is 0. The molecular weight excluding hydrogens is 549 g/mol. The van der Waals surface area contributed by atoms with E-state index in [1.807, 2.05) is 0 Å². The van der Waals surface area contributed by atoms with E-state index in [9.17, 15) is 0 Å². The van der Waals surface area contributed by atoms with E-state index in [0.29, 0.717) is 6.61 Å². The Morgan fingerprint density at radius 2 is 1.31 bits per heavy atom. The van der Waals surface area contributed by atoms with Crippen molar-refractivity contribution in [2.45, 2.75) is 180 Å². The zero-order chi connectivity index (χ0) is 31.4. The van der Waals surface area contributed by atoms with Gasteiger partial charge in [0.25, 0.3) is 0 Å². The molecule has 0 bridgehead atoms. The van der Waals surface area contributed by atoms with Gasteiger partial charge in [-0.25, -0.2) is 0 Å². The van der Waals surface area contributed by atoms with Crippen LogP contribution < -0.4 is 0 Å². The van der Waals surface area contributed by atoms with Crippen LogP contribution in [0.1, 0.15) is 137 Å². The molecule has 42 heavy (non-hydrogen) atoms. The Balaban J connectivity index is 2.18. The summed E-state index contributed by atoms with van der Waals surface area (Å²) in [4.78, 5) is 0. The molecule has 0 unspecified atom stereocenters. The lowest BCUT2D eigenvalue weighted by atomic mass is 10.0. The predicted molar refractivity (Wildman–Crippen MR) is 188 cm³/mol. The van der Waals surface area contributed by atoms with E-state index in [-0.39, 0.29) is 28.6 Å². The van der Waals surface area contributed by atoms with Crippen LogP contribution in [0.5, 0.6) is 0 Å². The smallest absolute Gasteiger partial charge is 0.192 e. The Bertz CT molecular complexity index is 911. The first kappa shape index (κ1) is 37.5. The number of hydrogen-bond donors (Lipinski definition) is 0. The topological polar surface area (TPSA) is 27.7 Å². The normalized spacial score (nSPS) is 21.1. The average Bonchev–Trinajstić information content (AvgIpc) is 2.91. The Kier molecular flexibility index (Phi) is 15.3. The summed E-state index contributed by atoms with van der Waals surface area (Å²) in [6.07, 6.45) is 18.3. The van der Waals surface area contributed by atoms with Crippen LogP contribution >= 0.6 is 0 Å². The summed E-state index contributed by atoms with van der Waals surface area (Å²) in [5.41, 5.74) is 1.08. The first-order chi connectivity index (χ1) is 19.6. The van der Waals surface area contributed by atoms with Gasteiger partial charge in [0.2, 0.25) is 0 Å². The monoisotopic (exact) mass is 616 g/mol. The zero-order valence-corrected chi connectivity index (χ0v) is 31.6. The Morgan fingerprint density at radius 3 is 1.81 bits per heavy atom. The first-order valence-electron chi connectivity index (χ1n) is 17.3. The summed E-state index contributed by atoms with van der Waals surface area (Å²) in [7, 11) is -3.75. The highest BCUT2D eigenvalue weighted by atomic mass is 28.4. The average molecular weight is 617 g/mol. The fraction of sp³-hybridized carbons (Fsp3) is 0.784. The van der Waals surface area contributed by atoms with Crippen molar-refractivity contribution in [1.82, 2.24) is 0 Å². The second-order valence-corrected chi connectivity index (χ2v) is 26.1. The van der Waals surface area contributed by atoms with E-state index in [0.717, 1.165) is 5.56 Å². The maximum Gasteiger partial charge on any atom is 0.192 e. The highest BCUT2D eigenvalue weighted by Crippen LogP contribution is 2.44. The lowest BCUT2D eigenvalue weighted by Crippen LogP contribution is -2.51. The van der Waals surface area contributed by atoms with E-state index in [1.54, 1.807) is 5.20 Å². The standard InChI is InChI=1S/C37H68O3Si2/c1-12-13-14-15-16-17-18-19-20-21-25-28-32(41(8,9)36(2,3)4)29-33-34(40-42(10,11)37(5,6)7)30-38-35(39-33)31-26-23-22-24-27-31/h22-24,26-27,29,33-35H,12-21,25,28,30H2,1-11H3/b32-29-/t33-,34-,35+/m1/s1. The van der Waals surface area contributed by atoms with Crippen LogP contribution in [0.15, 0.2) is 41.6 Å².